The summed E-state index contributed by atoms with van der Waals surface area (Å²) < 4.78 is 9.79. The number of esters is 1. The van der Waals surface area contributed by atoms with E-state index in [2.05, 4.69) is 5.32 Å². The number of hydrogen-bond acceptors (Lipinski definition) is 5. The van der Waals surface area contributed by atoms with E-state index in [0.717, 1.165) is 12.8 Å². The Hall–Kier alpha value is -1.79. The lowest BCUT2D eigenvalue weighted by Gasteiger charge is -2.26. The maximum absolute atomic E-state index is 11.6. The average molecular weight is 301 g/mol. The standard InChI is InChI=1S/C14H23NO6/c1-3-12(20-9(2)16)21-14(19)15-8-10-4-6-11(7-5-10)13(17)18/h10-12H,3-8H2,1-2H3,(H,15,19)(H,17,18). The fraction of sp³-hybridized carbons (Fsp3) is 0.786. The van der Waals surface area contributed by atoms with E-state index in [0.29, 0.717) is 25.8 Å². The molecule has 1 saturated carbocycles. The molecule has 1 amide bonds. The number of alkyl carbamates (subject to hydrolysis) is 1. The van der Waals surface area contributed by atoms with Gasteiger partial charge < -0.3 is 19.9 Å². The molecule has 1 aliphatic rings. The van der Waals surface area contributed by atoms with Gasteiger partial charge in [0.05, 0.1) is 5.92 Å². The van der Waals surface area contributed by atoms with E-state index < -0.39 is 24.3 Å². The molecule has 0 aromatic heterocycles. The highest BCUT2D eigenvalue weighted by molar-refractivity contribution is 5.70. The second-order valence-corrected chi connectivity index (χ2v) is 5.29. The molecule has 21 heavy (non-hydrogen) atoms. The Morgan fingerprint density at radius 2 is 1.81 bits per heavy atom. The summed E-state index contributed by atoms with van der Waals surface area (Å²) in [6, 6.07) is 0. The summed E-state index contributed by atoms with van der Waals surface area (Å²) in [6.45, 7) is 3.45. The van der Waals surface area contributed by atoms with Gasteiger partial charge in [0.2, 0.25) is 6.29 Å². The monoisotopic (exact) mass is 301 g/mol. The van der Waals surface area contributed by atoms with Crippen LogP contribution in [-0.4, -0.2) is 36.0 Å². The second-order valence-electron chi connectivity index (χ2n) is 5.29. The molecular formula is C14H23NO6. The molecule has 0 saturated heterocycles. The predicted molar refractivity (Wildman–Crippen MR) is 73.4 cm³/mol. The van der Waals surface area contributed by atoms with E-state index in [9.17, 15) is 14.4 Å². The van der Waals surface area contributed by atoms with Gasteiger partial charge in [-0.25, -0.2) is 4.79 Å². The Morgan fingerprint density at radius 3 is 2.29 bits per heavy atom. The van der Waals surface area contributed by atoms with Gasteiger partial charge in [-0.1, -0.05) is 6.92 Å². The average Bonchev–Trinajstić information content (AvgIpc) is 2.44. The molecule has 0 heterocycles. The predicted octanol–water partition coefficient (Wildman–Crippen LogP) is 1.90. The highest BCUT2D eigenvalue weighted by Crippen LogP contribution is 2.28. The Bertz CT molecular complexity index is 376. The minimum absolute atomic E-state index is 0.262. The highest BCUT2D eigenvalue weighted by atomic mass is 16.7. The highest BCUT2D eigenvalue weighted by Gasteiger charge is 2.26. The van der Waals surface area contributed by atoms with Crippen LogP contribution in [0.2, 0.25) is 0 Å². The zero-order chi connectivity index (χ0) is 15.8. The molecule has 1 rings (SSSR count). The van der Waals surface area contributed by atoms with Crippen LogP contribution in [-0.2, 0) is 19.1 Å². The number of carbonyl (C=O) groups is 3. The van der Waals surface area contributed by atoms with E-state index in [1.807, 2.05) is 0 Å². The first-order chi connectivity index (χ1) is 9.92. The van der Waals surface area contributed by atoms with Gasteiger partial charge >= 0.3 is 18.0 Å². The van der Waals surface area contributed by atoms with Gasteiger partial charge in [0.15, 0.2) is 0 Å². The molecular weight excluding hydrogens is 278 g/mol. The quantitative estimate of drug-likeness (QED) is 0.574. The Morgan fingerprint density at radius 1 is 1.19 bits per heavy atom. The van der Waals surface area contributed by atoms with Crippen LogP contribution in [0.1, 0.15) is 46.0 Å². The molecule has 0 radical (unpaired) electrons. The first-order valence-electron chi connectivity index (χ1n) is 7.26. The van der Waals surface area contributed by atoms with Crippen LogP contribution in [0.4, 0.5) is 4.79 Å². The lowest BCUT2D eigenvalue weighted by molar-refractivity contribution is -0.165. The Labute approximate surface area is 124 Å². The number of hydrogen-bond donors (Lipinski definition) is 2. The number of ether oxygens (including phenoxy) is 2. The largest absolute Gasteiger partial charge is 0.481 e. The third-order valence-electron chi connectivity index (χ3n) is 3.60. The molecule has 0 bridgehead atoms. The smallest absolute Gasteiger partial charge is 0.410 e. The van der Waals surface area contributed by atoms with E-state index in [1.54, 1.807) is 6.92 Å². The normalized spacial score (nSPS) is 23.0. The van der Waals surface area contributed by atoms with Gasteiger partial charge in [-0.3, -0.25) is 9.59 Å². The van der Waals surface area contributed by atoms with E-state index >= 15 is 0 Å². The van der Waals surface area contributed by atoms with Crippen LogP contribution in [0.3, 0.4) is 0 Å². The topological polar surface area (TPSA) is 102 Å². The molecule has 1 aliphatic carbocycles. The van der Waals surface area contributed by atoms with Crippen LogP contribution in [0, 0.1) is 11.8 Å². The summed E-state index contributed by atoms with van der Waals surface area (Å²) in [5.74, 6) is -1.24. The molecule has 1 unspecified atom stereocenters. The van der Waals surface area contributed by atoms with Crippen molar-refractivity contribution in [1.29, 1.82) is 0 Å². The molecule has 7 heteroatoms. The maximum atomic E-state index is 11.6. The summed E-state index contributed by atoms with van der Waals surface area (Å²) in [5, 5.41) is 11.5. The second kappa shape index (κ2) is 8.49. The molecule has 1 atom stereocenters. The van der Waals surface area contributed by atoms with Gasteiger partial charge in [-0.05, 0) is 31.6 Å². The fourth-order valence-corrected chi connectivity index (χ4v) is 2.38. The molecule has 0 spiro atoms. The van der Waals surface area contributed by atoms with Crippen LogP contribution in [0.15, 0.2) is 0 Å². The molecule has 120 valence electrons. The molecule has 7 nitrogen and oxygen atoms in total. The summed E-state index contributed by atoms with van der Waals surface area (Å²) in [4.78, 5) is 33.2. The van der Waals surface area contributed by atoms with Crippen molar-refractivity contribution in [3.63, 3.8) is 0 Å². The number of carbonyl (C=O) groups excluding carboxylic acids is 2. The summed E-state index contributed by atoms with van der Waals surface area (Å²) in [5.41, 5.74) is 0. The van der Waals surface area contributed by atoms with Gasteiger partial charge in [0, 0.05) is 19.9 Å². The molecule has 0 aromatic rings. The number of aliphatic carboxylic acids is 1. The van der Waals surface area contributed by atoms with Crippen molar-refractivity contribution >= 4 is 18.0 Å². The van der Waals surface area contributed by atoms with Gasteiger partial charge in [-0.2, -0.15) is 0 Å². The number of nitrogens with one attached hydrogen (secondary N) is 1. The van der Waals surface area contributed by atoms with Crippen molar-refractivity contribution in [2.75, 3.05) is 6.54 Å². The lowest BCUT2D eigenvalue weighted by Crippen LogP contribution is -2.35. The minimum Gasteiger partial charge on any atom is -0.481 e. The van der Waals surface area contributed by atoms with Gasteiger partial charge in [-0.15, -0.1) is 0 Å². The maximum Gasteiger partial charge on any atom is 0.410 e. The van der Waals surface area contributed by atoms with Gasteiger partial charge in [0.1, 0.15) is 0 Å². The third-order valence-corrected chi connectivity index (χ3v) is 3.60. The molecule has 1 fully saturated rings. The van der Waals surface area contributed by atoms with Crippen molar-refractivity contribution in [3.8, 4) is 0 Å². The van der Waals surface area contributed by atoms with Crippen molar-refractivity contribution in [2.24, 2.45) is 11.8 Å². The zero-order valence-corrected chi connectivity index (χ0v) is 12.5. The SMILES string of the molecule is CCC(OC(C)=O)OC(=O)NCC1CCC(C(=O)O)CC1. The van der Waals surface area contributed by atoms with Crippen LogP contribution in [0.25, 0.3) is 0 Å². The summed E-state index contributed by atoms with van der Waals surface area (Å²) >= 11 is 0. The number of rotatable bonds is 6. The van der Waals surface area contributed by atoms with Crippen LogP contribution >= 0.6 is 0 Å². The fourth-order valence-electron chi connectivity index (χ4n) is 2.38. The van der Waals surface area contributed by atoms with E-state index in [-0.39, 0.29) is 11.8 Å². The van der Waals surface area contributed by atoms with Crippen molar-refractivity contribution in [2.45, 2.75) is 52.2 Å². The van der Waals surface area contributed by atoms with Crippen molar-refractivity contribution in [1.82, 2.24) is 5.32 Å². The number of carboxylic acids is 1. The third kappa shape index (κ3) is 6.46. The minimum atomic E-state index is -0.870. The molecule has 0 aromatic carbocycles. The molecule has 0 aliphatic heterocycles. The zero-order valence-electron chi connectivity index (χ0n) is 12.5. The van der Waals surface area contributed by atoms with Crippen molar-refractivity contribution in [3.05, 3.63) is 0 Å². The first-order valence-corrected chi connectivity index (χ1v) is 7.26. The van der Waals surface area contributed by atoms with E-state index in [1.165, 1.54) is 6.92 Å². The molecule has 2 N–H and O–H groups in total. The summed E-state index contributed by atoms with van der Waals surface area (Å²) in [7, 11) is 0. The van der Waals surface area contributed by atoms with Crippen molar-refractivity contribution < 1.29 is 29.0 Å². The van der Waals surface area contributed by atoms with E-state index in [4.69, 9.17) is 14.6 Å². The van der Waals surface area contributed by atoms with Crippen LogP contribution in [0.5, 0.6) is 0 Å². The number of carboxylic acid groups (broad SMARTS) is 1. The Balaban J connectivity index is 2.24. The van der Waals surface area contributed by atoms with Gasteiger partial charge in [0.25, 0.3) is 0 Å². The lowest BCUT2D eigenvalue weighted by atomic mass is 9.82. The summed E-state index contributed by atoms with van der Waals surface area (Å²) in [6.07, 6.45) is 1.73. The van der Waals surface area contributed by atoms with Crippen LogP contribution < -0.4 is 5.32 Å². The number of amides is 1. The first kappa shape index (κ1) is 17.3. The Kier molecular flexibility index (Phi) is 6.98.